The monoisotopic (exact) mass is 287 g/mol. The first-order chi connectivity index (χ1) is 10.3. The van der Waals surface area contributed by atoms with E-state index in [1.54, 1.807) is 0 Å². The minimum absolute atomic E-state index is 0.671. The van der Waals surface area contributed by atoms with Gasteiger partial charge in [0.15, 0.2) is 0 Å². The van der Waals surface area contributed by atoms with E-state index in [-0.39, 0.29) is 0 Å². The first-order valence-corrected chi connectivity index (χ1v) is 8.72. The van der Waals surface area contributed by atoms with Gasteiger partial charge < -0.3 is 10.1 Å². The van der Waals surface area contributed by atoms with Gasteiger partial charge in [-0.2, -0.15) is 0 Å². The summed E-state index contributed by atoms with van der Waals surface area (Å²) in [6.45, 7) is 4.37. The molecule has 3 atom stereocenters. The summed E-state index contributed by atoms with van der Waals surface area (Å²) in [6.07, 6.45) is 7.76. The van der Waals surface area contributed by atoms with Crippen LogP contribution in [0.25, 0.3) is 0 Å². The number of rotatable bonds is 4. The van der Waals surface area contributed by atoms with E-state index in [4.69, 9.17) is 4.74 Å². The predicted molar refractivity (Wildman–Crippen MR) is 88.0 cm³/mol. The molecule has 116 valence electrons. The summed E-state index contributed by atoms with van der Waals surface area (Å²) in [5, 5.41) is 3.41. The van der Waals surface area contributed by atoms with Crippen LogP contribution in [0.5, 0.6) is 5.75 Å². The Morgan fingerprint density at radius 2 is 2.19 bits per heavy atom. The third-order valence-corrected chi connectivity index (χ3v) is 5.51. The van der Waals surface area contributed by atoms with Crippen LogP contribution in [0.15, 0.2) is 18.2 Å². The number of benzene rings is 1. The summed E-state index contributed by atoms with van der Waals surface area (Å²) >= 11 is 0. The number of nitrogens with one attached hydrogen (secondary N) is 1. The zero-order valence-electron chi connectivity index (χ0n) is 13.5. The Labute approximate surface area is 129 Å². The highest BCUT2D eigenvalue weighted by Crippen LogP contribution is 2.45. The van der Waals surface area contributed by atoms with Crippen LogP contribution in [0.1, 0.15) is 56.1 Å². The molecule has 0 spiro atoms. The average molecular weight is 287 g/mol. The number of hydrogen-bond acceptors (Lipinski definition) is 2. The highest BCUT2D eigenvalue weighted by Gasteiger charge is 2.33. The van der Waals surface area contributed by atoms with Crippen LogP contribution < -0.4 is 10.1 Å². The van der Waals surface area contributed by atoms with Crippen molar-refractivity contribution in [3.05, 3.63) is 29.3 Å². The van der Waals surface area contributed by atoms with Crippen molar-refractivity contribution >= 4 is 0 Å². The fourth-order valence-electron chi connectivity index (χ4n) is 4.29. The molecular weight excluding hydrogens is 258 g/mol. The molecule has 1 N–H and O–H groups in total. The van der Waals surface area contributed by atoms with Crippen molar-refractivity contribution < 1.29 is 4.74 Å². The largest absolute Gasteiger partial charge is 0.493 e. The van der Waals surface area contributed by atoms with Gasteiger partial charge in [-0.15, -0.1) is 0 Å². The lowest BCUT2D eigenvalue weighted by atomic mass is 9.70. The third-order valence-electron chi connectivity index (χ3n) is 5.51. The van der Waals surface area contributed by atoms with Crippen LogP contribution in [0, 0.1) is 11.8 Å². The van der Waals surface area contributed by atoms with Gasteiger partial charge in [0.2, 0.25) is 0 Å². The third kappa shape index (κ3) is 3.11. The second-order valence-corrected chi connectivity index (χ2v) is 6.80. The molecule has 1 fully saturated rings. The Morgan fingerprint density at radius 1 is 1.29 bits per heavy atom. The van der Waals surface area contributed by atoms with E-state index in [0.29, 0.717) is 5.92 Å². The molecule has 1 saturated carbocycles. The Balaban J connectivity index is 1.91. The molecule has 1 aliphatic carbocycles. The van der Waals surface area contributed by atoms with Gasteiger partial charge in [-0.05, 0) is 68.2 Å². The van der Waals surface area contributed by atoms with Crippen molar-refractivity contribution in [3.63, 3.8) is 0 Å². The van der Waals surface area contributed by atoms with Gasteiger partial charge in [0.25, 0.3) is 0 Å². The molecule has 2 nitrogen and oxygen atoms in total. The fourth-order valence-corrected chi connectivity index (χ4v) is 4.29. The number of hydrogen-bond donors (Lipinski definition) is 1. The van der Waals surface area contributed by atoms with E-state index in [0.717, 1.165) is 25.0 Å². The molecule has 2 aliphatic rings. The Kier molecular flexibility index (Phi) is 4.84. The Hall–Kier alpha value is -1.02. The van der Waals surface area contributed by atoms with Gasteiger partial charge in [-0.1, -0.05) is 38.0 Å². The molecule has 21 heavy (non-hydrogen) atoms. The van der Waals surface area contributed by atoms with Crippen molar-refractivity contribution in [3.8, 4) is 5.75 Å². The number of aryl methyl sites for hydroxylation is 1. The molecule has 0 amide bonds. The summed E-state index contributed by atoms with van der Waals surface area (Å²) in [6, 6.07) is 6.83. The second kappa shape index (κ2) is 6.83. The smallest absolute Gasteiger partial charge is 0.125 e. The standard InChI is InChI=1S/C19H29NO/c1-3-14-9-10-16(13-20-2)18(12-14)17-8-4-6-15-7-5-11-21-19(15)17/h4,6,8,14,16,18,20H,3,5,7,9-13H2,1-2H3. The molecule has 1 aromatic carbocycles. The van der Waals surface area contributed by atoms with E-state index in [1.165, 1.54) is 55.4 Å². The topological polar surface area (TPSA) is 21.3 Å². The van der Waals surface area contributed by atoms with E-state index in [1.807, 2.05) is 0 Å². The fraction of sp³-hybridized carbons (Fsp3) is 0.684. The summed E-state index contributed by atoms with van der Waals surface area (Å²) in [5.74, 6) is 3.55. The zero-order chi connectivity index (χ0) is 14.7. The summed E-state index contributed by atoms with van der Waals surface area (Å²) < 4.78 is 6.08. The van der Waals surface area contributed by atoms with Gasteiger partial charge in [-0.25, -0.2) is 0 Å². The lowest BCUT2D eigenvalue weighted by molar-refractivity contribution is 0.218. The van der Waals surface area contributed by atoms with Crippen molar-refractivity contribution in [2.45, 2.75) is 51.4 Å². The van der Waals surface area contributed by atoms with Crippen LogP contribution in [0.3, 0.4) is 0 Å². The van der Waals surface area contributed by atoms with Gasteiger partial charge >= 0.3 is 0 Å². The second-order valence-electron chi connectivity index (χ2n) is 6.80. The van der Waals surface area contributed by atoms with Crippen LogP contribution in [0.2, 0.25) is 0 Å². The molecule has 3 unspecified atom stereocenters. The highest BCUT2D eigenvalue weighted by molar-refractivity contribution is 5.45. The maximum atomic E-state index is 6.08. The maximum absolute atomic E-state index is 6.08. The summed E-state index contributed by atoms with van der Waals surface area (Å²) in [4.78, 5) is 0. The first kappa shape index (κ1) is 14.9. The van der Waals surface area contributed by atoms with E-state index in [9.17, 15) is 0 Å². The quantitative estimate of drug-likeness (QED) is 0.898. The van der Waals surface area contributed by atoms with Crippen LogP contribution in [-0.4, -0.2) is 20.2 Å². The van der Waals surface area contributed by atoms with Crippen molar-refractivity contribution in [1.82, 2.24) is 5.32 Å². The van der Waals surface area contributed by atoms with E-state index in [2.05, 4.69) is 37.5 Å². The lowest BCUT2D eigenvalue weighted by Crippen LogP contribution is -2.31. The molecule has 3 rings (SSSR count). The molecule has 0 bridgehead atoms. The first-order valence-electron chi connectivity index (χ1n) is 8.72. The summed E-state index contributed by atoms with van der Waals surface area (Å²) in [5.41, 5.74) is 2.92. The maximum Gasteiger partial charge on any atom is 0.125 e. The number of para-hydroxylation sites is 1. The Morgan fingerprint density at radius 3 is 3.00 bits per heavy atom. The molecule has 0 saturated heterocycles. The molecular formula is C19H29NO. The van der Waals surface area contributed by atoms with Crippen molar-refractivity contribution in [2.75, 3.05) is 20.2 Å². The minimum Gasteiger partial charge on any atom is -0.493 e. The molecule has 1 aromatic rings. The number of fused-ring (bicyclic) bond motifs is 1. The van der Waals surface area contributed by atoms with Crippen molar-refractivity contribution in [1.29, 1.82) is 0 Å². The van der Waals surface area contributed by atoms with Crippen LogP contribution in [0.4, 0.5) is 0 Å². The zero-order valence-corrected chi connectivity index (χ0v) is 13.5. The molecule has 0 aromatic heterocycles. The molecule has 1 heterocycles. The molecule has 0 radical (unpaired) electrons. The SMILES string of the molecule is CCC1CCC(CNC)C(c2cccc3c2OCCC3)C1. The van der Waals surface area contributed by atoms with Gasteiger partial charge in [0.05, 0.1) is 6.61 Å². The van der Waals surface area contributed by atoms with Crippen molar-refractivity contribution in [2.24, 2.45) is 11.8 Å². The van der Waals surface area contributed by atoms with Gasteiger partial charge in [-0.3, -0.25) is 0 Å². The predicted octanol–water partition coefficient (Wildman–Crippen LogP) is 4.14. The normalized spacial score (nSPS) is 28.8. The van der Waals surface area contributed by atoms with Crippen LogP contribution >= 0.6 is 0 Å². The van der Waals surface area contributed by atoms with E-state index < -0.39 is 0 Å². The van der Waals surface area contributed by atoms with Gasteiger partial charge in [0.1, 0.15) is 5.75 Å². The average Bonchev–Trinajstić information content (AvgIpc) is 2.55. The van der Waals surface area contributed by atoms with E-state index >= 15 is 0 Å². The van der Waals surface area contributed by atoms with Gasteiger partial charge in [0, 0.05) is 0 Å². The highest BCUT2D eigenvalue weighted by atomic mass is 16.5. The van der Waals surface area contributed by atoms with Crippen LogP contribution in [-0.2, 0) is 6.42 Å². The Bertz CT molecular complexity index is 471. The minimum atomic E-state index is 0.671. The molecule has 1 aliphatic heterocycles. The molecule has 2 heteroatoms. The number of ether oxygens (including phenoxy) is 1. The summed E-state index contributed by atoms with van der Waals surface area (Å²) in [7, 11) is 2.08. The lowest BCUT2D eigenvalue weighted by Gasteiger charge is -2.37.